The van der Waals surface area contributed by atoms with Crippen molar-refractivity contribution in [1.82, 2.24) is 0 Å². The Kier molecular flexibility index (Phi) is 2.66. The highest BCUT2D eigenvalue weighted by atomic mass is 16.6. The molecule has 0 unspecified atom stereocenters. The van der Waals surface area contributed by atoms with E-state index in [1.165, 1.54) is 12.1 Å². The molecule has 0 heterocycles. The molecule has 0 atom stereocenters. The molecule has 1 aromatic rings. The maximum absolute atomic E-state index is 10.6. The number of nitrogens with two attached hydrogens (primary N) is 2. The average molecular weight is 194 g/mol. The smallest absolute Gasteiger partial charge is 0.274 e. The van der Waals surface area contributed by atoms with Gasteiger partial charge in [-0.1, -0.05) is 6.07 Å². The molecule has 0 radical (unpaired) electrons. The molecule has 1 aromatic carbocycles. The molecule has 0 aliphatic rings. The largest absolute Gasteiger partial charge is 0.370 e. The van der Waals surface area contributed by atoms with Crippen LogP contribution in [0.4, 0.5) is 11.4 Å². The van der Waals surface area contributed by atoms with E-state index in [9.17, 15) is 10.1 Å². The Morgan fingerprint density at radius 1 is 1.50 bits per heavy atom. The molecular formula is C8H10N4O2. The monoisotopic (exact) mass is 194 g/mol. The van der Waals surface area contributed by atoms with Gasteiger partial charge in [-0.15, -0.1) is 0 Å². The summed E-state index contributed by atoms with van der Waals surface area (Å²) in [5.74, 6) is -0.117. The first-order chi connectivity index (χ1) is 6.52. The number of guanidine groups is 1. The fraction of sp³-hybridized carbons (Fsp3) is 0.125. The molecular weight excluding hydrogens is 184 g/mol. The van der Waals surface area contributed by atoms with Crippen molar-refractivity contribution in [3.8, 4) is 0 Å². The van der Waals surface area contributed by atoms with Gasteiger partial charge in [0.2, 0.25) is 0 Å². The van der Waals surface area contributed by atoms with Gasteiger partial charge < -0.3 is 11.5 Å². The van der Waals surface area contributed by atoms with Gasteiger partial charge in [-0.25, -0.2) is 4.99 Å². The summed E-state index contributed by atoms with van der Waals surface area (Å²) < 4.78 is 0. The average Bonchev–Trinajstić information content (AvgIpc) is 2.07. The first-order valence-corrected chi connectivity index (χ1v) is 3.86. The third-order valence-electron chi connectivity index (χ3n) is 1.72. The van der Waals surface area contributed by atoms with E-state index >= 15 is 0 Å². The van der Waals surface area contributed by atoms with Crippen LogP contribution in [-0.2, 0) is 0 Å². The molecule has 74 valence electrons. The molecule has 0 amide bonds. The molecule has 0 aliphatic carbocycles. The summed E-state index contributed by atoms with van der Waals surface area (Å²) in [5.41, 5.74) is 11.2. The Morgan fingerprint density at radius 3 is 2.64 bits per heavy atom. The lowest BCUT2D eigenvalue weighted by Crippen LogP contribution is -2.22. The molecule has 6 nitrogen and oxygen atoms in total. The Morgan fingerprint density at radius 2 is 2.14 bits per heavy atom. The van der Waals surface area contributed by atoms with Crippen molar-refractivity contribution in [2.75, 3.05) is 0 Å². The van der Waals surface area contributed by atoms with E-state index in [-0.39, 0.29) is 11.6 Å². The number of nitro groups is 1. The minimum Gasteiger partial charge on any atom is -0.370 e. The van der Waals surface area contributed by atoms with E-state index in [4.69, 9.17) is 11.5 Å². The van der Waals surface area contributed by atoms with Gasteiger partial charge in [0.1, 0.15) is 0 Å². The predicted molar refractivity (Wildman–Crippen MR) is 53.3 cm³/mol. The third-order valence-corrected chi connectivity index (χ3v) is 1.72. The molecule has 1 rings (SSSR count). The minimum absolute atomic E-state index is 0.00694. The van der Waals surface area contributed by atoms with Gasteiger partial charge in [0.05, 0.1) is 16.2 Å². The van der Waals surface area contributed by atoms with Crippen molar-refractivity contribution in [3.05, 3.63) is 33.9 Å². The molecule has 4 N–H and O–H groups in total. The summed E-state index contributed by atoms with van der Waals surface area (Å²) >= 11 is 0. The maximum Gasteiger partial charge on any atom is 0.274 e. The van der Waals surface area contributed by atoms with Gasteiger partial charge in [0.15, 0.2) is 5.96 Å². The van der Waals surface area contributed by atoms with Gasteiger partial charge in [0, 0.05) is 6.07 Å². The van der Waals surface area contributed by atoms with Gasteiger partial charge >= 0.3 is 0 Å². The van der Waals surface area contributed by atoms with E-state index in [0.29, 0.717) is 11.3 Å². The lowest BCUT2D eigenvalue weighted by Gasteiger charge is -2.00. The van der Waals surface area contributed by atoms with E-state index in [2.05, 4.69) is 4.99 Å². The number of aliphatic imine (C=N–C) groups is 1. The van der Waals surface area contributed by atoms with Crippen molar-refractivity contribution < 1.29 is 4.92 Å². The summed E-state index contributed by atoms with van der Waals surface area (Å²) in [5, 5.41) is 10.6. The summed E-state index contributed by atoms with van der Waals surface area (Å²) in [6.07, 6.45) is 0. The van der Waals surface area contributed by atoms with Crippen LogP contribution in [0.3, 0.4) is 0 Å². The van der Waals surface area contributed by atoms with Crippen LogP contribution in [0, 0.1) is 17.0 Å². The topological polar surface area (TPSA) is 108 Å². The molecule has 0 aromatic heterocycles. The van der Waals surface area contributed by atoms with E-state index in [1.807, 2.05) is 0 Å². The number of nitrogens with zero attached hydrogens (tertiary/aromatic N) is 2. The van der Waals surface area contributed by atoms with Gasteiger partial charge in [-0.2, -0.15) is 0 Å². The zero-order chi connectivity index (χ0) is 10.7. The maximum atomic E-state index is 10.6. The third kappa shape index (κ3) is 1.98. The summed E-state index contributed by atoms with van der Waals surface area (Å²) in [4.78, 5) is 13.9. The van der Waals surface area contributed by atoms with Crippen LogP contribution in [0.2, 0.25) is 0 Å². The number of hydrogen-bond acceptors (Lipinski definition) is 3. The van der Waals surface area contributed by atoms with E-state index in [1.54, 1.807) is 13.0 Å². The van der Waals surface area contributed by atoms with Crippen LogP contribution >= 0.6 is 0 Å². The first-order valence-electron chi connectivity index (χ1n) is 3.86. The number of rotatable bonds is 2. The van der Waals surface area contributed by atoms with Gasteiger partial charge in [-0.05, 0) is 13.0 Å². The fourth-order valence-corrected chi connectivity index (χ4v) is 1.07. The van der Waals surface area contributed by atoms with Crippen LogP contribution < -0.4 is 11.5 Å². The zero-order valence-corrected chi connectivity index (χ0v) is 7.60. The van der Waals surface area contributed by atoms with Gasteiger partial charge in [-0.3, -0.25) is 10.1 Å². The second-order valence-electron chi connectivity index (χ2n) is 2.72. The van der Waals surface area contributed by atoms with Crippen LogP contribution in [0.25, 0.3) is 0 Å². The Balaban J connectivity index is 3.28. The van der Waals surface area contributed by atoms with Crippen LogP contribution in [0.1, 0.15) is 5.56 Å². The zero-order valence-electron chi connectivity index (χ0n) is 7.60. The second-order valence-corrected chi connectivity index (χ2v) is 2.72. The van der Waals surface area contributed by atoms with Crippen LogP contribution in [0.15, 0.2) is 23.2 Å². The van der Waals surface area contributed by atoms with Crippen molar-refractivity contribution in [2.45, 2.75) is 6.92 Å². The quantitative estimate of drug-likeness (QED) is 0.314. The van der Waals surface area contributed by atoms with Crippen LogP contribution in [-0.4, -0.2) is 10.9 Å². The van der Waals surface area contributed by atoms with Crippen molar-refractivity contribution in [2.24, 2.45) is 16.5 Å². The molecule has 0 saturated carbocycles. The summed E-state index contributed by atoms with van der Waals surface area (Å²) in [6.45, 7) is 1.60. The lowest BCUT2D eigenvalue weighted by atomic mass is 10.1. The second kappa shape index (κ2) is 3.73. The Hall–Kier alpha value is -2.11. The standard InChI is InChI=1S/C8H10N4O2/c1-5-6(11-8(9)10)3-2-4-7(5)12(13)14/h2-4H,1H3,(H4,9,10,11). The van der Waals surface area contributed by atoms with E-state index in [0.717, 1.165) is 0 Å². The normalized spacial score (nSPS) is 9.50. The highest BCUT2D eigenvalue weighted by molar-refractivity contribution is 5.80. The molecule has 0 spiro atoms. The number of nitro benzene ring substituents is 1. The van der Waals surface area contributed by atoms with Crippen molar-refractivity contribution in [3.63, 3.8) is 0 Å². The molecule has 0 fully saturated rings. The van der Waals surface area contributed by atoms with Gasteiger partial charge in [0.25, 0.3) is 5.69 Å². The molecule has 0 aliphatic heterocycles. The predicted octanol–water partition coefficient (Wildman–Crippen LogP) is 0.808. The fourth-order valence-electron chi connectivity index (χ4n) is 1.07. The summed E-state index contributed by atoms with van der Waals surface area (Å²) in [6, 6.07) is 4.55. The molecule has 14 heavy (non-hydrogen) atoms. The number of benzene rings is 1. The Bertz CT molecular complexity index is 396. The summed E-state index contributed by atoms with van der Waals surface area (Å²) in [7, 11) is 0. The lowest BCUT2D eigenvalue weighted by molar-refractivity contribution is -0.385. The highest BCUT2D eigenvalue weighted by Crippen LogP contribution is 2.26. The molecule has 6 heteroatoms. The Labute approximate surface area is 80.4 Å². The molecule has 0 bridgehead atoms. The van der Waals surface area contributed by atoms with Crippen molar-refractivity contribution >= 4 is 17.3 Å². The number of hydrogen-bond donors (Lipinski definition) is 2. The molecule has 0 saturated heterocycles. The van der Waals surface area contributed by atoms with Crippen molar-refractivity contribution in [1.29, 1.82) is 0 Å². The van der Waals surface area contributed by atoms with Crippen LogP contribution in [0.5, 0.6) is 0 Å². The minimum atomic E-state index is -0.471. The SMILES string of the molecule is Cc1c(N=C(N)N)cccc1[N+](=O)[O-]. The van der Waals surface area contributed by atoms with E-state index < -0.39 is 4.92 Å². The first kappa shape index (κ1) is 9.97. The highest BCUT2D eigenvalue weighted by Gasteiger charge is 2.12.